The van der Waals surface area contributed by atoms with Gasteiger partial charge < -0.3 is 5.32 Å². The average molecular weight is 282 g/mol. The summed E-state index contributed by atoms with van der Waals surface area (Å²) in [7, 11) is 0. The Morgan fingerprint density at radius 1 is 1.31 bits per heavy atom. The minimum atomic E-state index is 0.466. The summed E-state index contributed by atoms with van der Waals surface area (Å²) in [6.45, 7) is 3.39. The van der Waals surface area contributed by atoms with Crippen molar-refractivity contribution in [2.24, 2.45) is 5.92 Å². The van der Waals surface area contributed by atoms with Crippen LogP contribution in [0, 0.1) is 5.92 Å². The van der Waals surface area contributed by atoms with E-state index in [1.807, 2.05) is 0 Å². The highest BCUT2D eigenvalue weighted by atomic mass is 79.9. The number of hydrogen-bond donors (Lipinski definition) is 1. The number of hydrogen-bond acceptors (Lipinski definition) is 1. The third-order valence-corrected chi connectivity index (χ3v) is 4.13. The van der Waals surface area contributed by atoms with Gasteiger partial charge in [0.05, 0.1) is 0 Å². The number of rotatable bonds is 5. The molecule has 88 valence electrons. The van der Waals surface area contributed by atoms with Gasteiger partial charge in [-0.2, -0.15) is 0 Å². The molecule has 1 aliphatic rings. The minimum Gasteiger partial charge on any atom is -0.310 e. The van der Waals surface area contributed by atoms with Gasteiger partial charge >= 0.3 is 0 Å². The first-order valence-corrected chi connectivity index (χ1v) is 7.04. The summed E-state index contributed by atoms with van der Waals surface area (Å²) in [4.78, 5) is 0. The third kappa shape index (κ3) is 3.33. The zero-order valence-electron chi connectivity index (χ0n) is 9.88. The summed E-state index contributed by atoms with van der Waals surface area (Å²) < 4.78 is 1.15. The van der Waals surface area contributed by atoms with Gasteiger partial charge in [0.25, 0.3) is 0 Å². The molecule has 0 aromatic heterocycles. The molecule has 1 unspecified atom stereocenters. The average Bonchev–Trinajstić information content (AvgIpc) is 2.22. The largest absolute Gasteiger partial charge is 0.310 e. The Morgan fingerprint density at radius 3 is 2.56 bits per heavy atom. The second kappa shape index (κ2) is 5.83. The molecule has 16 heavy (non-hydrogen) atoms. The molecule has 1 atom stereocenters. The smallest absolute Gasteiger partial charge is 0.0291 e. The van der Waals surface area contributed by atoms with Crippen LogP contribution >= 0.6 is 15.9 Å². The summed E-state index contributed by atoms with van der Waals surface area (Å²) in [6.07, 6.45) is 5.70. The van der Waals surface area contributed by atoms with Gasteiger partial charge in [0.2, 0.25) is 0 Å². The molecule has 1 nitrogen and oxygen atoms in total. The van der Waals surface area contributed by atoms with Gasteiger partial charge in [-0.25, -0.2) is 0 Å². The molecule has 0 bridgehead atoms. The van der Waals surface area contributed by atoms with Crippen LogP contribution in [0.1, 0.15) is 44.2 Å². The lowest BCUT2D eigenvalue weighted by Gasteiger charge is -2.26. The first-order chi connectivity index (χ1) is 7.75. The van der Waals surface area contributed by atoms with Crippen molar-refractivity contribution in [2.75, 3.05) is 6.54 Å². The van der Waals surface area contributed by atoms with Gasteiger partial charge in [-0.1, -0.05) is 47.3 Å². The first kappa shape index (κ1) is 12.1. The van der Waals surface area contributed by atoms with Crippen LogP contribution in [-0.2, 0) is 0 Å². The first-order valence-electron chi connectivity index (χ1n) is 6.24. The van der Waals surface area contributed by atoms with E-state index in [1.54, 1.807) is 0 Å². The Hall–Kier alpha value is -0.340. The maximum Gasteiger partial charge on any atom is 0.0291 e. The van der Waals surface area contributed by atoms with Gasteiger partial charge in [0.15, 0.2) is 0 Å². The lowest BCUT2D eigenvalue weighted by atomic mass is 9.83. The molecule has 1 aromatic rings. The fourth-order valence-corrected chi connectivity index (χ4v) is 2.42. The summed E-state index contributed by atoms with van der Waals surface area (Å²) in [5.41, 5.74) is 1.37. The van der Waals surface area contributed by atoms with Gasteiger partial charge in [0, 0.05) is 10.5 Å². The van der Waals surface area contributed by atoms with Gasteiger partial charge in [-0.05, 0) is 43.5 Å². The molecule has 0 radical (unpaired) electrons. The third-order valence-electron chi connectivity index (χ3n) is 3.60. The molecule has 1 fully saturated rings. The Labute approximate surface area is 107 Å². The normalized spacial score (nSPS) is 18.1. The Morgan fingerprint density at radius 2 is 2.00 bits per heavy atom. The highest BCUT2D eigenvalue weighted by molar-refractivity contribution is 9.10. The summed E-state index contributed by atoms with van der Waals surface area (Å²) >= 11 is 3.46. The van der Waals surface area contributed by atoms with Crippen LogP contribution in [0.15, 0.2) is 28.7 Å². The minimum absolute atomic E-state index is 0.466. The number of halogens is 1. The van der Waals surface area contributed by atoms with Gasteiger partial charge in [-0.3, -0.25) is 0 Å². The van der Waals surface area contributed by atoms with Crippen LogP contribution in [0.4, 0.5) is 0 Å². The van der Waals surface area contributed by atoms with Crippen LogP contribution in [0.2, 0.25) is 0 Å². The molecule has 0 spiro atoms. The number of nitrogens with one attached hydrogen (secondary N) is 1. The second-order valence-corrected chi connectivity index (χ2v) is 5.73. The SMILES string of the molecule is CC(NCCC1CCC1)c1ccc(Br)cc1. The monoisotopic (exact) mass is 281 g/mol. The zero-order valence-corrected chi connectivity index (χ0v) is 11.5. The lowest BCUT2D eigenvalue weighted by molar-refractivity contribution is 0.288. The van der Waals surface area contributed by atoms with E-state index in [-0.39, 0.29) is 0 Å². The maximum atomic E-state index is 3.60. The second-order valence-electron chi connectivity index (χ2n) is 4.81. The van der Waals surface area contributed by atoms with Crippen LogP contribution in [0.3, 0.4) is 0 Å². The van der Waals surface area contributed by atoms with E-state index >= 15 is 0 Å². The highest BCUT2D eigenvalue weighted by Crippen LogP contribution is 2.29. The van der Waals surface area contributed by atoms with E-state index in [0.717, 1.165) is 16.9 Å². The molecular formula is C14H20BrN. The zero-order chi connectivity index (χ0) is 11.4. The Kier molecular flexibility index (Phi) is 4.42. The molecular weight excluding hydrogens is 262 g/mol. The molecule has 2 rings (SSSR count). The fourth-order valence-electron chi connectivity index (χ4n) is 2.15. The van der Waals surface area contributed by atoms with E-state index in [1.165, 1.54) is 31.2 Å². The van der Waals surface area contributed by atoms with Crippen LogP contribution < -0.4 is 5.32 Å². The van der Waals surface area contributed by atoms with E-state index in [2.05, 4.69) is 52.4 Å². The van der Waals surface area contributed by atoms with Crippen molar-refractivity contribution in [1.29, 1.82) is 0 Å². The van der Waals surface area contributed by atoms with Crippen molar-refractivity contribution in [2.45, 2.75) is 38.6 Å². The quantitative estimate of drug-likeness (QED) is 0.849. The maximum absolute atomic E-state index is 3.60. The highest BCUT2D eigenvalue weighted by Gasteiger charge is 2.16. The molecule has 1 saturated carbocycles. The van der Waals surface area contributed by atoms with Crippen molar-refractivity contribution in [1.82, 2.24) is 5.32 Å². The van der Waals surface area contributed by atoms with Crippen molar-refractivity contribution in [3.63, 3.8) is 0 Å². The van der Waals surface area contributed by atoms with Gasteiger partial charge in [-0.15, -0.1) is 0 Å². The summed E-state index contributed by atoms with van der Waals surface area (Å²) in [5, 5.41) is 3.60. The molecule has 0 saturated heterocycles. The van der Waals surface area contributed by atoms with E-state index < -0.39 is 0 Å². The number of benzene rings is 1. The molecule has 1 aromatic carbocycles. The van der Waals surface area contributed by atoms with Crippen molar-refractivity contribution >= 4 is 15.9 Å². The molecule has 2 heteroatoms. The van der Waals surface area contributed by atoms with E-state index in [4.69, 9.17) is 0 Å². The molecule has 0 heterocycles. The molecule has 1 aliphatic carbocycles. The molecule has 0 aliphatic heterocycles. The van der Waals surface area contributed by atoms with E-state index in [9.17, 15) is 0 Å². The van der Waals surface area contributed by atoms with Crippen molar-refractivity contribution in [3.8, 4) is 0 Å². The summed E-state index contributed by atoms with van der Waals surface area (Å²) in [5.74, 6) is 1.00. The van der Waals surface area contributed by atoms with Crippen molar-refractivity contribution in [3.05, 3.63) is 34.3 Å². The van der Waals surface area contributed by atoms with Crippen molar-refractivity contribution < 1.29 is 0 Å². The predicted molar refractivity (Wildman–Crippen MR) is 72.5 cm³/mol. The lowest BCUT2D eigenvalue weighted by Crippen LogP contribution is -2.24. The van der Waals surface area contributed by atoms with E-state index in [0.29, 0.717) is 6.04 Å². The predicted octanol–water partition coefficient (Wildman–Crippen LogP) is 4.29. The fraction of sp³-hybridized carbons (Fsp3) is 0.571. The topological polar surface area (TPSA) is 12.0 Å². The van der Waals surface area contributed by atoms with Crippen LogP contribution in [-0.4, -0.2) is 6.54 Å². The summed E-state index contributed by atoms with van der Waals surface area (Å²) in [6, 6.07) is 9.06. The standard InChI is InChI=1S/C14H20BrN/c1-11(13-5-7-14(15)8-6-13)16-10-9-12-3-2-4-12/h5-8,11-12,16H,2-4,9-10H2,1H3. The molecule has 1 N–H and O–H groups in total. The van der Waals surface area contributed by atoms with Crippen LogP contribution in [0.5, 0.6) is 0 Å². The van der Waals surface area contributed by atoms with Crippen LogP contribution in [0.25, 0.3) is 0 Å². The Bertz CT molecular complexity index is 316. The molecule has 0 amide bonds. The van der Waals surface area contributed by atoms with Gasteiger partial charge in [0.1, 0.15) is 0 Å². The Balaban J connectivity index is 1.73.